The molecule has 1 saturated heterocycles. The molecule has 50 heavy (non-hydrogen) atoms. The molecule has 6 atom stereocenters. The average molecular weight is 713 g/mol. The quantitative estimate of drug-likeness (QED) is 0.0316. The zero-order valence-electron chi connectivity index (χ0n) is 31.4. The minimum absolute atomic E-state index is 0.216. The van der Waals surface area contributed by atoms with Gasteiger partial charge in [0.25, 0.3) is 0 Å². The van der Waals surface area contributed by atoms with Crippen molar-refractivity contribution in [2.24, 2.45) is 0 Å². The topological polar surface area (TPSA) is 152 Å². The van der Waals surface area contributed by atoms with E-state index in [4.69, 9.17) is 18.9 Å². The molecule has 1 heterocycles. The Bertz CT molecular complexity index is 876. The molecule has 0 aromatic heterocycles. The Labute approximate surface area is 303 Å². The van der Waals surface area contributed by atoms with E-state index in [1.54, 1.807) is 0 Å². The number of allylic oxidation sites excluding steroid dienone is 4. The zero-order chi connectivity index (χ0) is 36.7. The molecule has 4 N–H and O–H groups in total. The number of carbonyl (C=O) groups excluding carboxylic acids is 2. The summed E-state index contributed by atoms with van der Waals surface area (Å²) in [6.45, 7) is 3.35. The molecule has 2 unspecified atom stereocenters. The highest BCUT2D eigenvalue weighted by Crippen LogP contribution is 2.22. The lowest BCUT2D eigenvalue weighted by molar-refractivity contribution is -0.305. The second kappa shape index (κ2) is 31.9. The maximum absolute atomic E-state index is 12.7. The molecule has 0 aromatic carbocycles. The first-order chi connectivity index (χ1) is 24.3. The largest absolute Gasteiger partial charge is 0.462 e. The standard InChI is InChI=1S/C40H72O10/c1-3-5-7-9-11-13-15-16-17-18-19-21-23-25-27-29-36(43)49-33(32-48-40-39(46)38(45)37(44)34(30-41)50-40)31-47-35(42)28-26-24-22-20-14-12-10-8-6-4-2/h11,13,16-17,33-34,37-41,44-46H,3-10,12,14-15,18-32H2,1-2H3/b13-11+,17-16+/t33-,34-,37+,38?,39?,40-/m1/s1. The lowest BCUT2D eigenvalue weighted by Gasteiger charge is -2.39. The summed E-state index contributed by atoms with van der Waals surface area (Å²) < 4.78 is 22.0. The van der Waals surface area contributed by atoms with Crippen LogP contribution in [0, 0.1) is 0 Å². The van der Waals surface area contributed by atoms with Crippen LogP contribution in [-0.4, -0.2) is 89.0 Å². The van der Waals surface area contributed by atoms with Gasteiger partial charge in [0.2, 0.25) is 0 Å². The van der Waals surface area contributed by atoms with E-state index in [2.05, 4.69) is 38.2 Å². The van der Waals surface area contributed by atoms with E-state index in [1.807, 2.05) is 0 Å². The number of carbonyl (C=O) groups is 2. The van der Waals surface area contributed by atoms with Crippen LogP contribution in [0.1, 0.15) is 162 Å². The van der Waals surface area contributed by atoms with Crippen molar-refractivity contribution in [2.75, 3.05) is 19.8 Å². The fourth-order valence-corrected chi connectivity index (χ4v) is 5.86. The molecule has 0 bridgehead atoms. The third kappa shape index (κ3) is 23.6. The van der Waals surface area contributed by atoms with Gasteiger partial charge in [0.15, 0.2) is 12.4 Å². The lowest BCUT2D eigenvalue weighted by atomic mass is 9.99. The summed E-state index contributed by atoms with van der Waals surface area (Å²) in [5.41, 5.74) is 0. The molecule has 1 rings (SSSR count). The van der Waals surface area contributed by atoms with Crippen molar-refractivity contribution in [3.8, 4) is 0 Å². The summed E-state index contributed by atoms with van der Waals surface area (Å²) in [7, 11) is 0. The van der Waals surface area contributed by atoms with Crippen LogP contribution in [0.2, 0.25) is 0 Å². The first kappa shape index (κ1) is 46.2. The second-order valence-corrected chi connectivity index (χ2v) is 13.7. The van der Waals surface area contributed by atoms with Crippen LogP contribution in [0.4, 0.5) is 0 Å². The fraction of sp³-hybridized carbons (Fsp3) is 0.850. The highest BCUT2D eigenvalue weighted by atomic mass is 16.7. The predicted molar refractivity (Wildman–Crippen MR) is 196 cm³/mol. The fourth-order valence-electron chi connectivity index (χ4n) is 5.86. The minimum atomic E-state index is -1.59. The molecule has 0 aromatic rings. The maximum atomic E-state index is 12.7. The monoisotopic (exact) mass is 713 g/mol. The van der Waals surface area contributed by atoms with Gasteiger partial charge in [-0.1, -0.05) is 128 Å². The van der Waals surface area contributed by atoms with Crippen molar-refractivity contribution in [3.63, 3.8) is 0 Å². The van der Waals surface area contributed by atoms with Crippen LogP contribution in [0.25, 0.3) is 0 Å². The number of hydrogen-bond acceptors (Lipinski definition) is 10. The van der Waals surface area contributed by atoms with Crippen LogP contribution in [0.5, 0.6) is 0 Å². The van der Waals surface area contributed by atoms with E-state index in [-0.39, 0.29) is 32.0 Å². The zero-order valence-corrected chi connectivity index (χ0v) is 31.4. The van der Waals surface area contributed by atoms with Crippen molar-refractivity contribution >= 4 is 11.9 Å². The predicted octanol–water partition coefficient (Wildman–Crippen LogP) is 7.38. The van der Waals surface area contributed by atoms with Crippen LogP contribution in [-0.2, 0) is 28.5 Å². The van der Waals surface area contributed by atoms with Gasteiger partial charge in [0.05, 0.1) is 13.2 Å². The Balaban J connectivity index is 2.40. The molecular weight excluding hydrogens is 640 g/mol. The highest BCUT2D eigenvalue weighted by Gasteiger charge is 2.44. The van der Waals surface area contributed by atoms with Gasteiger partial charge in [-0.15, -0.1) is 0 Å². The molecule has 0 radical (unpaired) electrons. The van der Waals surface area contributed by atoms with Gasteiger partial charge in [-0.05, 0) is 44.9 Å². The number of esters is 2. The summed E-state index contributed by atoms with van der Waals surface area (Å²) in [6.07, 6.45) is 24.7. The van der Waals surface area contributed by atoms with E-state index in [1.165, 1.54) is 70.6 Å². The molecule has 0 amide bonds. The second-order valence-electron chi connectivity index (χ2n) is 13.7. The molecule has 1 fully saturated rings. The van der Waals surface area contributed by atoms with Crippen molar-refractivity contribution in [1.29, 1.82) is 0 Å². The van der Waals surface area contributed by atoms with Gasteiger partial charge in [-0.3, -0.25) is 9.59 Å². The minimum Gasteiger partial charge on any atom is -0.462 e. The van der Waals surface area contributed by atoms with E-state index < -0.39 is 49.4 Å². The van der Waals surface area contributed by atoms with Crippen molar-refractivity contribution < 1.29 is 49.0 Å². The van der Waals surface area contributed by atoms with Gasteiger partial charge in [0.1, 0.15) is 31.0 Å². The molecule has 10 nitrogen and oxygen atoms in total. The van der Waals surface area contributed by atoms with Crippen molar-refractivity contribution in [2.45, 2.75) is 198 Å². The van der Waals surface area contributed by atoms with E-state index in [0.717, 1.165) is 57.8 Å². The first-order valence-corrected chi connectivity index (χ1v) is 19.9. The van der Waals surface area contributed by atoms with Crippen LogP contribution in [0.3, 0.4) is 0 Å². The molecule has 1 aliphatic heterocycles. The Morgan fingerprint density at radius 1 is 0.620 bits per heavy atom. The maximum Gasteiger partial charge on any atom is 0.306 e. The summed E-state index contributed by atoms with van der Waals surface area (Å²) in [5, 5.41) is 39.9. The molecule has 292 valence electrons. The Kier molecular flexibility index (Phi) is 29.5. The van der Waals surface area contributed by atoms with Crippen LogP contribution >= 0.6 is 0 Å². The van der Waals surface area contributed by atoms with Gasteiger partial charge in [0, 0.05) is 12.8 Å². The number of hydrogen-bond donors (Lipinski definition) is 4. The molecule has 10 heteroatoms. The summed E-state index contributed by atoms with van der Waals surface area (Å²) in [6, 6.07) is 0. The number of aliphatic hydroxyl groups excluding tert-OH is 4. The van der Waals surface area contributed by atoms with Crippen LogP contribution in [0.15, 0.2) is 24.3 Å². The smallest absolute Gasteiger partial charge is 0.306 e. The third-order valence-electron chi connectivity index (χ3n) is 9.09. The van der Waals surface area contributed by atoms with Gasteiger partial charge in [-0.2, -0.15) is 0 Å². The highest BCUT2D eigenvalue weighted by molar-refractivity contribution is 5.70. The Morgan fingerprint density at radius 2 is 1.12 bits per heavy atom. The first-order valence-electron chi connectivity index (χ1n) is 19.9. The van der Waals surface area contributed by atoms with Gasteiger partial charge < -0.3 is 39.4 Å². The molecule has 1 aliphatic rings. The summed E-state index contributed by atoms with van der Waals surface area (Å²) in [5.74, 6) is -0.823. The Morgan fingerprint density at radius 3 is 1.70 bits per heavy atom. The summed E-state index contributed by atoms with van der Waals surface area (Å²) >= 11 is 0. The van der Waals surface area contributed by atoms with Crippen molar-refractivity contribution in [1.82, 2.24) is 0 Å². The molecule has 0 aliphatic carbocycles. The number of ether oxygens (including phenoxy) is 4. The Hall–Kier alpha value is -1.82. The number of aliphatic hydroxyl groups is 4. The molecular formula is C40H72O10. The van der Waals surface area contributed by atoms with Gasteiger partial charge >= 0.3 is 11.9 Å². The third-order valence-corrected chi connectivity index (χ3v) is 9.09. The lowest BCUT2D eigenvalue weighted by Crippen LogP contribution is -2.59. The van der Waals surface area contributed by atoms with E-state index in [0.29, 0.717) is 6.42 Å². The van der Waals surface area contributed by atoms with Gasteiger partial charge in [-0.25, -0.2) is 0 Å². The number of rotatable bonds is 32. The van der Waals surface area contributed by atoms with Crippen molar-refractivity contribution in [3.05, 3.63) is 24.3 Å². The molecule has 0 saturated carbocycles. The summed E-state index contributed by atoms with van der Waals surface area (Å²) in [4.78, 5) is 25.1. The van der Waals surface area contributed by atoms with Crippen LogP contribution < -0.4 is 0 Å². The van der Waals surface area contributed by atoms with E-state index in [9.17, 15) is 30.0 Å². The van der Waals surface area contributed by atoms with E-state index >= 15 is 0 Å². The normalized spacial score (nSPS) is 21.6. The SMILES string of the molecule is CCCCC/C=C/C/C=C/CCCCCCCC(=O)O[C@H](COC(=O)CCCCCCCCCCCC)CO[C@@H]1O[C@H](CO)[C@H](O)C(O)C1O. The molecule has 0 spiro atoms. The average Bonchev–Trinajstić information content (AvgIpc) is 3.11. The number of unbranched alkanes of at least 4 members (excludes halogenated alkanes) is 17.